The Balaban J connectivity index is 2.73. The van der Waals surface area contributed by atoms with Crippen LogP contribution < -0.4 is 15.8 Å². The van der Waals surface area contributed by atoms with Gasteiger partial charge >= 0.3 is 0 Å². The Bertz CT molecular complexity index is 518. The van der Waals surface area contributed by atoms with Crippen molar-refractivity contribution in [2.45, 2.75) is 23.5 Å². The van der Waals surface area contributed by atoms with Gasteiger partial charge in [-0.05, 0) is 37.9 Å². The van der Waals surface area contributed by atoms with Crippen LogP contribution in [0.5, 0.6) is 0 Å². The Kier molecular flexibility index (Phi) is 5.96. The first-order chi connectivity index (χ1) is 8.90. The second-order valence-corrected chi connectivity index (χ2v) is 7.38. The zero-order chi connectivity index (χ0) is 14.5. The summed E-state index contributed by atoms with van der Waals surface area (Å²) >= 11 is 1.81. The monoisotopic (exact) mass is 303 g/mol. The first-order valence-electron chi connectivity index (χ1n) is 6.00. The van der Waals surface area contributed by atoms with Gasteiger partial charge in [-0.3, -0.25) is 0 Å². The highest BCUT2D eigenvalue weighted by atomic mass is 32.2. The summed E-state index contributed by atoms with van der Waals surface area (Å²) in [6, 6.07) is 4.71. The van der Waals surface area contributed by atoms with E-state index in [-0.39, 0.29) is 4.90 Å². The van der Waals surface area contributed by atoms with Crippen molar-refractivity contribution in [2.24, 2.45) is 0 Å². The Morgan fingerprint density at radius 3 is 2.63 bits per heavy atom. The maximum atomic E-state index is 11.6. The lowest BCUT2D eigenvalue weighted by molar-refractivity contribution is 0.588. The molecule has 0 bridgehead atoms. The minimum Gasteiger partial charge on any atom is -0.397 e. The number of sulfonamides is 1. The number of nitrogens with two attached hydrogens (primary N) is 1. The third kappa shape index (κ3) is 4.59. The summed E-state index contributed by atoms with van der Waals surface area (Å²) in [5.41, 5.74) is 7.07. The summed E-state index contributed by atoms with van der Waals surface area (Å²) in [4.78, 5) is 0.176. The van der Waals surface area contributed by atoms with Gasteiger partial charge in [-0.2, -0.15) is 11.8 Å². The van der Waals surface area contributed by atoms with E-state index < -0.39 is 10.0 Å². The molecule has 0 heterocycles. The Morgan fingerprint density at radius 1 is 1.42 bits per heavy atom. The summed E-state index contributed by atoms with van der Waals surface area (Å²) in [5.74, 6) is 0. The second-order valence-electron chi connectivity index (χ2n) is 4.22. The van der Waals surface area contributed by atoms with Gasteiger partial charge in [-0.1, -0.05) is 6.92 Å². The SMILES string of the molecule is CNS(=O)(=O)c1ccc(NCCC(C)SC)c(N)c1. The van der Waals surface area contributed by atoms with Gasteiger partial charge in [0, 0.05) is 11.8 Å². The smallest absolute Gasteiger partial charge is 0.240 e. The van der Waals surface area contributed by atoms with Gasteiger partial charge < -0.3 is 11.1 Å². The van der Waals surface area contributed by atoms with Crippen LogP contribution in [0.25, 0.3) is 0 Å². The van der Waals surface area contributed by atoms with Crippen molar-refractivity contribution < 1.29 is 8.42 Å². The van der Waals surface area contributed by atoms with Gasteiger partial charge in [-0.25, -0.2) is 13.1 Å². The second kappa shape index (κ2) is 7.02. The number of hydrogen-bond acceptors (Lipinski definition) is 5. The molecule has 1 aromatic rings. The molecule has 5 nitrogen and oxygen atoms in total. The zero-order valence-electron chi connectivity index (χ0n) is 11.4. The summed E-state index contributed by atoms with van der Waals surface area (Å²) in [7, 11) is -2.06. The Morgan fingerprint density at radius 2 is 2.11 bits per heavy atom. The molecule has 0 aliphatic rings. The molecule has 108 valence electrons. The minimum atomic E-state index is -3.44. The first-order valence-corrected chi connectivity index (χ1v) is 8.77. The van der Waals surface area contributed by atoms with E-state index in [0.29, 0.717) is 10.9 Å². The molecule has 0 amide bonds. The van der Waals surface area contributed by atoms with E-state index in [1.807, 2.05) is 11.8 Å². The van der Waals surface area contributed by atoms with Crippen LogP contribution in [0.4, 0.5) is 11.4 Å². The fourth-order valence-corrected chi connectivity index (χ4v) is 2.63. The van der Waals surface area contributed by atoms with Crippen molar-refractivity contribution >= 4 is 33.2 Å². The molecule has 1 rings (SSSR count). The summed E-state index contributed by atoms with van der Waals surface area (Å²) in [6.07, 6.45) is 3.10. The summed E-state index contributed by atoms with van der Waals surface area (Å²) in [5, 5.41) is 3.80. The van der Waals surface area contributed by atoms with Gasteiger partial charge in [0.15, 0.2) is 0 Å². The van der Waals surface area contributed by atoms with E-state index in [0.717, 1.165) is 18.7 Å². The maximum Gasteiger partial charge on any atom is 0.240 e. The molecule has 0 fully saturated rings. The van der Waals surface area contributed by atoms with Crippen LogP contribution >= 0.6 is 11.8 Å². The molecule has 0 aromatic heterocycles. The van der Waals surface area contributed by atoms with E-state index in [9.17, 15) is 8.42 Å². The molecule has 7 heteroatoms. The number of benzene rings is 1. The minimum absolute atomic E-state index is 0.176. The molecule has 1 atom stereocenters. The van der Waals surface area contributed by atoms with Crippen LogP contribution in [0.2, 0.25) is 0 Å². The zero-order valence-corrected chi connectivity index (χ0v) is 13.1. The number of nitrogen functional groups attached to an aromatic ring is 1. The maximum absolute atomic E-state index is 11.6. The molecule has 4 N–H and O–H groups in total. The predicted octanol–water partition coefficient (Wildman–Crippen LogP) is 1.73. The molecular weight excluding hydrogens is 282 g/mol. The van der Waals surface area contributed by atoms with Gasteiger partial charge in [0.1, 0.15) is 0 Å². The van der Waals surface area contributed by atoms with E-state index in [2.05, 4.69) is 23.2 Å². The van der Waals surface area contributed by atoms with E-state index in [1.165, 1.54) is 13.1 Å². The highest BCUT2D eigenvalue weighted by Crippen LogP contribution is 2.22. The lowest BCUT2D eigenvalue weighted by Crippen LogP contribution is -2.19. The summed E-state index contributed by atoms with van der Waals surface area (Å²) in [6.45, 7) is 2.97. The number of rotatable bonds is 7. The first kappa shape index (κ1) is 16.1. The molecule has 19 heavy (non-hydrogen) atoms. The van der Waals surface area contributed by atoms with Gasteiger partial charge in [0.2, 0.25) is 10.0 Å². The van der Waals surface area contributed by atoms with Crippen molar-refractivity contribution in [3.8, 4) is 0 Å². The van der Waals surface area contributed by atoms with Crippen LogP contribution in [0.1, 0.15) is 13.3 Å². The number of hydrogen-bond donors (Lipinski definition) is 3. The molecular formula is C12H21N3O2S2. The molecule has 1 unspecified atom stereocenters. The van der Waals surface area contributed by atoms with Crippen molar-refractivity contribution in [2.75, 3.05) is 30.9 Å². The van der Waals surface area contributed by atoms with E-state index >= 15 is 0 Å². The van der Waals surface area contributed by atoms with E-state index in [1.54, 1.807) is 12.1 Å². The quantitative estimate of drug-likeness (QED) is 0.668. The third-order valence-electron chi connectivity index (χ3n) is 2.87. The molecule has 0 aliphatic carbocycles. The van der Waals surface area contributed by atoms with Crippen molar-refractivity contribution in [1.29, 1.82) is 0 Å². The lowest BCUT2D eigenvalue weighted by atomic mass is 10.2. The normalized spacial score (nSPS) is 13.2. The van der Waals surface area contributed by atoms with Crippen molar-refractivity contribution in [1.82, 2.24) is 4.72 Å². The molecule has 0 saturated heterocycles. The lowest BCUT2D eigenvalue weighted by Gasteiger charge is -2.13. The average molecular weight is 303 g/mol. The number of anilines is 2. The van der Waals surface area contributed by atoms with Crippen LogP contribution in [-0.2, 0) is 10.0 Å². The average Bonchev–Trinajstić information content (AvgIpc) is 2.40. The Hall–Kier alpha value is -0.920. The van der Waals surface area contributed by atoms with Crippen LogP contribution in [0, 0.1) is 0 Å². The van der Waals surface area contributed by atoms with Crippen LogP contribution in [0.3, 0.4) is 0 Å². The molecule has 1 aromatic carbocycles. The molecule has 0 saturated carbocycles. The topological polar surface area (TPSA) is 84.2 Å². The van der Waals surface area contributed by atoms with Crippen molar-refractivity contribution in [3.05, 3.63) is 18.2 Å². The highest BCUT2D eigenvalue weighted by molar-refractivity contribution is 7.99. The standard InChI is InChI=1S/C12H21N3O2S2/c1-9(18-3)6-7-15-12-5-4-10(8-11(12)13)19(16,17)14-2/h4-5,8-9,14-15H,6-7,13H2,1-3H3. The molecule has 0 spiro atoms. The fraction of sp³-hybridized carbons (Fsp3) is 0.500. The van der Waals surface area contributed by atoms with Gasteiger partial charge in [-0.15, -0.1) is 0 Å². The van der Waals surface area contributed by atoms with Gasteiger partial charge in [0.05, 0.1) is 16.3 Å². The van der Waals surface area contributed by atoms with Gasteiger partial charge in [0.25, 0.3) is 0 Å². The van der Waals surface area contributed by atoms with Crippen molar-refractivity contribution in [3.63, 3.8) is 0 Å². The number of thioether (sulfide) groups is 1. The molecule has 0 radical (unpaired) electrons. The third-order valence-corrected chi connectivity index (χ3v) is 5.32. The number of nitrogens with one attached hydrogen (secondary N) is 2. The predicted molar refractivity (Wildman–Crippen MR) is 83.2 cm³/mol. The van der Waals surface area contributed by atoms with E-state index in [4.69, 9.17) is 5.73 Å². The Labute approximate surface area is 119 Å². The highest BCUT2D eigenvalue weighted by Gasteiger charge is 2.12. The largest absolute Gasteiger partial charge is 0.397 e. The van der Waals surface area contributed by atoms with Crippen LogP contribution in [0.15, 0.2) is 23.1 Å². The summed E-state index contributed by atoms with van der Waals surface area (Å²) < 4.78 is 25.5. The van der Waals surface area contributed by atoms with Crippen LogP contribution in [-0.4, -0.2) is 33.5 Å². The fourth-order valence-electron chi connectivity index (χ4n) is 1.51. The molecule has 0 aliphatic heterocycles.